The highest BCUT2D eigenvalue weighted by Crippen LogP contribution is 2.61. The van der Waals surface area contributed by atoms with Crippen LogP contribution in [0.2, 0.25) is 0 Å². The molecule has 0 heterocycles. The Balaban J connectivity index is 1.51. The molecule has 4 aliphatic carbocycles. The zero-order valence-corrected chi connectivity index (χ0v) is 17.0. The first-order chi connectivity index (χ1) is 13.4. The number of hydrogen-bond acceptors (Lipinski definition) is 4. The number of nitrogens with one attached hydrogen (secondary N) is 2. The number of ether oxygens (including phenoxy) is 2. The summed E-state index contributed by atoms with van der Waals surface area (Å²) in [5, 5.41) is 6.38. The summed E-state index contributed by atoms with van der Waals surface area (Å²) in [5.74, 6) is 2.67. The fraction of sp³-hybridized carbons (Fsp3) is 0.636. The molecule has 6 nitrogen and oxygen atoms in total. The van der Waals surface area contributed by atoms with Gasteiger partial charge < -0.3 is 20.1 Å². The second-order valence-electron chi connectivity index (χ2n) is 9.06. The van der Waals surface area contributed by atoms with Gasteiger partial charge in [-0.2, -0.15) is 0 Å². The molecule has 1 aromatic rings. The van der Waals surface area contributed by atoms with Gasteiger partial charge in [-0.3, -0.25) is 9.59 Å². The van der Waals surface area contributed by atoms with Crippen LogP contribution < -0.4 is 20.1 Å². The lowest BCUT2D eigenvalue weighted by Gasteiger charge is -2.61. The van der Waals surface area contributed by atoms with Crippen molar-refractivity contribution >= 4 is 11.8 Å². The summed E-state index contributed by atoms with van der Waals surface area (Å²) in [7, 11) is 3.25. The van der Waals surface area contributed by atoms with Gasteiger partial charge in [0, 0.05) is 24.6 Å². The first kappa shape index (κ1) is 19.1. The average Bonchev–Trinajstić information content (AvgIpc) is 2.63. The molecule has 152 valence electrons. The van der Waals surface area contributed by atoms with Crippen molar-refractivity contribution in [3.63, 3.8) is 0 Å². The number of carbonyl (C=O) groups is 2. The molecule has 4 saturated carbocycles. The maximum absolute atomic E-state index is 13.4. The molecule has 4 fully saturated rings. The molecule has 1 aromatic carbocycles. The van der Waals surface area contributed by atoms with Gasteiger partial charge in [0.1, 0.15) is 11.5 Å². The third-order valence-electron chi connectivity index (χ3n) is 6.91. The summed E-state index contributed by atoms with van der Waals surface area (Å²) in [4.78, 5) is 25.2. The van der Waals surface area contributed by atoms with Gasteiger partial charge in [-0.1, -0.05) is 0 Å². The number of amides is 2. The van der Waals surface area contributed by atoms with Crippen LogP contribution in [-0.2, 0) is 16.1 Å². The molecule has 0 radical (unpaired) electrons. The molecule has 0 saturated heterocycles. The van der Waals surface area contributed by atoms with Crippen molar-refractivity contribution in [1.82, 2.24) is 10.6 Å². The molecule has 0 spiro atoms. The number of benzene rings is 1. The lowest BCUT2D eigenvalue weighted by atomic mass is 9.46. The summed E-state index contributed by atoms with van der Waals surface area (Å²) in [6, 6.07) is 5.61. The SMILES string of the molecule is COc1ccc(OC)c(CNC(=O)C23C[C@H]4C[C@@H](CC(NC(C)=O)(C4)C2)C3)c1. The summed E-state index contributed by atoms with van der Waals surface area (Å²) in [6.45, 7) is 1.99. The molecule has 2 amide bonds. The topological polar surface area (TPSA) is 76.7 Å². The molecule has 28 heavy (non-hydrogen) atoms. The van der Waals surface area contributed by atoms with Crippen molar-refractivity contribution in [2.75, 3.05) is 14.2 Å². The molecular formula is C22H30N2O4. The summed E-state index contributed by atoms with van der Waals surface area (Å²) in [6.07, 6.45) is 5.86. The minimum Gasteiger partial charge on any atom is -0.497 e. The first-order valence-electron chi connectivity index (χ1n) is 10.1. The van der Waals surface area contributed by atoms with E-state index in [1.807, 2.05) is 18.2 Å². The van der Waals surface area contributed by atoms with Crippen LogP contribution in [0, 0.1) is 17.3 Å². The van der Waals surface area contributed by atoms with Gasteiger partial charge in [0.25, 0.3) is 0 Å². The van der Waals surface area contributed by atoms with Crippen LogP contribution in [0.15, 0.2) is 18.2 Å². The van der Waals surface area contributed by atoms with Crippen molar-refractivity contribution in [3.8, 4) is 11.5 Å². The quantitative estimate of drug-likeness (QED) is 0.788. The zero-order valence-electron chi connectivity index (χ0n) is 17.0. The highest BCUT2D eigenvalue weighted by Gasteiger charge is 2.60. The Morgan fingerprint density at radius 1 is 1.11 bits per heavy atom. The van der Waals surface area contributed by atoms with E-state index < -0.39 is 0 Å². The van der Waals surface area contributed by atoms with Crippen LogP contribution in [0.4, 0.5) is 0 Å². The van der Waals surface area contributed by atoms with Gasteiger partial charge in [0.05, 0.1) is 19.6 Å². The maximum Gasteiger partial charge on any atom is 0.226 e. The van der Waals surface area contributed by atoms with Gasteiger partial charge in [-0.25, -0.2) is 0 Å². The molecule has 2 atom stereocenters. The number of rotatable bonds is 6. The largest absolute Gasteiger partial charge is 0.497 e. The van der Waals surface area contributed by atoms with Crippen LogP contribution in [-0.4, -0.2) is 31.6 Å². The van der Waals surface area contributed by atoms with E-state index in [1.165, 1.54) is 6.42 Å². The van der Waals surface area contributed by atoms with Gasteiger partial charge in [-0.15, -0.1) is 0 Å². The molecule has 6 heteroatoms. The maximum atomic E-state index is 13.4. The highest BCUT2D eigenvalue weighted by molar-refractivity contribution is 5.84. The monoisotopic (exact) mass is 386 g/mol. The van der Waals surface area contributed by atoms with Crippen molar-refractivity contribution < 1.29 is 19.1 Å². The molecule has 0 unspecified atom stereocenters. The third-order valence-corrected chi connectivity index (χ3v) is 6.91. The Labute approximate surface area is 166 Å². The first-order valence-corrected chi connectivity index (χ1v) is 10.1. The second kappa shape index (κ2) is 6.98. The van der Waals surface area contributed by atoms with Crippen molar-refractivity contribution in [1.29, 1.82) is 0 Å². The lowest BCUT2D eigenvalue weighted by molar-refractivity contribution is -0.153. The van der Waals surface area contributed by atoms with Crippen LogP contribution >= 0.6 is 0 Å². The normalized spacial score (nSPS) is 32.7. The summed E-state index contributed by atoms with van der Waals surface area (Å²) >= 11 is 0. The molecule has 5 rings (SSSR count). The summed E-state index contributed by atoms with van der Waals surface area (Å²) in [5.41, 5.74) is 0.344. The van der Waals surface area contributed by atoms with E-state index >= 15 is 0 Å². The van der Waals surface area contributed by atoms with Crippen molar-refractivity contribution in [3.05, 3.63) is 23.8 Å². The Bertz CT molecular complexity index is 777. The van der Waals surface area contributed by atoms with E-state index in [-0.39, 0.29) is 22.8 Å². The zero-order chi connectivity index (χ0) is 19.9. The Morgan fingerprint density at radius 2 is 1.82 bits per heavy atom. The van der Waals surface area contributed by atoms with Crippen LogP contribution in [0.5, 0.6) is 11.5 Å². The van der Waals surface area contributed by atoms with E-state index in [2.05, 4.69) is 10.6 Å². The van der Waals surface area contributed by atoms with E-state index in [1.54, 1.807) is 21.1 Å². The molecular weight excluding hydrogens is 356 g/mol. The average molecular weight is 386 g/mol. The standard InChI is InChI=1S/C22H30N2O4/c1-14(25)24-22-10-15-6-16(11-22)9-21(8-15,13-22)20(26)23-12-17-7-18(27-2)4-5-19(17)28-3/h4-5,7,15-16H,6,8-13H2,1-3H3,(H,23,26)(H,24,25)/t15-,16-,21?,22?/m1/s1. The van der Waals surface area contributed by atoms with E-state index in [0.29, 0.717) is 18.4 Å². The summed E-state index contributed by atoms with van der Waals surface area (Å²) < 4.78 is 10.7. The smallest absolute Gasteiger partial charge is 0.226 e. The van der Waals surface area contributed by atoms with Gasteiger partial charge in [-0.05, 0) is 68.6 Å². The second-order valence-corrected chi connectivity index (χ2v) is 9.06. The highest BCUT2D eigenvalue weighted by atomic mass is 16.5. The van der Waals surface area contributed by atoms with Crippen molar-refractivity contribution in [2.24, 2.45) is 17.3 Å². The fourth-order valence-electron chi connectivity index (χ4n) is 6.43. The molecule has 0 aliphatic heterocycles. The van der Waals surface area contributed by atoms with Crippen molar-refractivity contribution in [2.45, 2.75) is 57.5 Å². The van der Waals surface area contributed by atoms with E-state index in [0.717, 1.165) is 49.2 Å². The van der Waals surface area contributed by atoms with Crippen LogP contribution in [0.3, 0.4) is 0 Å². The van der Waals surface area contributed by atoms with Crippen LogP contribution in [0.25, 0.3) is 0 Å². The number of carbonyl (C=O) groups excluding carboxylic acids is 2. The van der Waals surface area contributed by atoms with Crippen LogP contribution in [0.1, 0.15) is 51.0 Å². The van der Waals surface area contributed by atoms with Gasteiger partial charge >= 0.3 is 0 Å². The van der Waals surface area contributed by atoms with Gasteiger partial charge in [0.2, 0.25) is 11.8 Å². The number of methoxy groups -OCH3 is 2. The number of hydrogen-bond donors (Lipinski definition) is 2. The van der Waals surface area contributed by atoms with E-state index in [9.17, 15) is 9.59 Å². The predicted molar refractivity (Wildman–Crippen MR) is 105 cm³/mol. The molecule has 4 aliphatic rings. The lowest BCUT2D eigenvalue weighted by Crippen LogP contribution is -2.65. The Morgan fingerprint density at radius 3 is 2.43 bits per heavy atom. The molecule has 0 aromatic heterocycles. The fourth-order valence-corrected chi connectivity index (χ4v) is 6.43. The minimum absolute atomic E-state index is 0.0126. The Kier molecular flexibility index (Phi) is 4.76. The Hall–Kier alpha value is -2.24. The van der Waals surface area contributed by atoms with Gasteiger partial charge in [0.15, 0.2) is 0 Å². The predicted octanol–water partition coefficient (Wildman–Crippen LogP) is 2.80. The molecule has 4 bridgehead atoms. The molecule has 2 N–H and O–H groups in total. The third kappa shape index (κ3) is 3.33. The minimum atomic E-state index is -0.362. The van der Waals surface area contributed by atoms with E-state index in [4.69, 9.17) is 9.47 Å².